The van der Waals surface area contributed by atoms with Crippen LogP contribution in [0, 0.1) is 5.92 Å². The van der Waals surface area contributed by atoms with Crippen molar-refractivity contribution in [3.8, 4) is 5.75 Å². The van der Waals surface area contributed by atoms with Crippen LogP contribution in [0.2, 0.25) is 0 Å². The van der Waals surface area contributed by atoms with Crippen LogP contribution in [0.25, 0.3) is 0 Å². The molecular weight excluding hydrogens is 340 g/mol. The molecule has 2 aromatic carbocycles. The van der Waals surface area contributed by atoms with Gasteiger partial charge in [0.15, 0.2) is 0 Å². The van der Waals surface area contributed by atoms with Gasteiger partial charge in [-0.15, -0.1) is 0 Å². The van der Waals surface area contributed by atoms with Gasteiger partial charge in [-0.05, 0) is 47.9 Å². The van der Waals surface area contributed by atoms with Crippen LogP contribution in [0.4, 0.5) is 5.69 Å². The summed E-state index contributed by atoms with van der Waals surface area (Å²) in [5, 5.41) is 0. The molecule has 0 saturated carbocycles. The molecule has 0 fully saturated rings. The van der Waals surface area contributed by atoms with E-state index in [-0.39, 0.29) is 11.3 Å². The maximum absolute atomic E-state index is 12.4. The predicted molar refractivity (Wildman–Crippen MR) is 96.9 cm³/mol. The number of sulfonamides is 1. The Morgan fingerprint density at radius 3 is 2.20 bits per heavy atom. The lowest BCUT2D eigenvalue weighted by Crippen LogP contribution is -2.14. The number of hydrogen-bond donors (Lipinski definition) is 2. The maximum atomic E-state index is 12.4. The molecular formula is C18H22N2O4S. The van der Waals surface area contributed by atoms with Crippen LogP contribution in [-0.2, 0) is 21.2 Å². The smallest absolute Gasteiger partial charge is 0.261 e. The van der Waals surface area contributed by atoms with Crippen LogP contribution in [0.5, 0.6) is 5.75 Å². The van der Waals surface area contributed by atoms with Gasteiger partial charge in [0.2, 0.25) is 5.91 Å². The van der Waals surface area contributed by atoms with E-state index in [4.69, 9.17) is 10.5 Å². The molecule has 134 valence electrons. The second-order valence-corrected chi connectivity index (χ2v) is 7.80. The SMILES string of the molecule is CC(C)COc1ccc(S(=O)(=O)Nc2ccc(CC(N)=O)cc2)cc1. The summed E-state index contributed by atoms with van der Waals surface area (Å²) in [5.74, 6) is 0.583. The van der Waals surface area contributed by atoms with Crippen molar-refractivity contribution < 1.29 is 17.9 Å². The number of nitrogens with one attached hydrogen (secondary N) is 1. The molecule has 0 spiro atoms. The van der Waals surface area contributed by atoms with Gasteiger partial charge in [0.25, 0.3) is 10.0 Å². The Kier molecular flexibility index (Phi) is 6.03. The van der Waals surface area contributed by atoms with Crippen LogP contribution in [0.1, 0.15) is 19.4 Å². The molecule has 0 radical (unpaired) electrons. The second kappa shape index (κ2) is 8.02. The molecule has 0 aliphatic carbocycles. The standard InChI is InChI=1S/C18H22N2O4S/c1-13(2)12-24-16-7-9-17(10-8-16)25(22,23)20-15-5-3-14(4-6-15)11-18(19)21/h3-10,13,20H,11-12H2,1-2H3,(H2,19,21). The minimum atomic E-state index is -3.69. The normalized spacial score (nSPS) is 11.3. The molecule has 2 rings (SSSR count). The molecule has 0 atom stereocenters. The van der Waals surface area contributed by atoms with Crippen molar-refractivity contribution in [2.45, 2.75) is 25.2 Å². The Bertz CT molecular complexity index is 813. The van der Waals surface area contributed by atoms with Crippen molar-refractivity contribution in [2.24, 2.45) is 11.7 Å². The fourth-order valence-corrected chi connectivity index (χ4v) is 3.14. The third-order valence-electron chi connectivity index (χ3n) is 3.30. The number of benzene rings is 2. The highest BCUT2D eigenvalue weighted by Crippen LogP contribution is 2.20. The van der Waals surface area contributed by atoms with Crippen molar-refractivity contribution >= 4 is 21.6 Å². The average molecular weight is 362 g/mol. The summed E-state index contributed by atoms with van der Waals surface area (Å²) in [4.78, 5) is 11.0. The van der Waals surface area contributed by atoms with E-state index in [1.807, 2.05) is 13.8 Å². The van der Waals surface area contributed by atoms with Crippen LogP contribution >= 0.6 is 0 Å². The van der Waals surface area contributed by atoms with Crippen molar-refractivity contribution in [1.29, 1.82) is 0 Å². The van der Waals surface area contributed by atoms with E-state index in [0.29, 0.717) is 24.0 Å². The zero-order chi connectivity index (χ0) is 18.4. The third-order valence-corrected chi connectivity index (χ3v) is 4.70. The Hall–Kier alpha value is -2.54. The van der Waals surface area contributed by atoms with Gasteiger partial charge in [0, 0.05) is 5.69 Å². The van der Waals surface area contributed by atoms with Gasteiger partial charge in [-0.3, -0.25) is 9.52 Å². The molecule has 7 heteroatoms. The molecule has 1 amide bonds. The first-order valence-electron chi connectivity index (χ1n) is 7.89. The van der Waals surface area contributed by atoms with Gasteiger partial charge in [-0.2, -0.15) is 0 Å². The van der Waals surface area contributed by atoms with Crippen LogP contribution in [0.3, 0.4) is 0 Å². The van der Waals surface area contributed by atoms with Crippen molar-refractivity contribution in [3.63, 3.8) is 0 Å². The zero-order valence-corrected chi connectivity index (χ0v) is 15.0. The molecule has 0 saturated heterocycles. The molecule has 25 heavy (non-hydrogen) atoms. The van der Waals surface area contributed by atoms with Gasteiger partial charge in [0.05, 0.1) is 17.9 Å². The number of nitrogens with two attached hydrogens (primary N) is 1. The lowest BCUT2D eigenvalue weighted by Gasteiger charge is -2.11. The van der Waals surface area contributed by atoms with Crippen molar-refractivity contribution in [3.05, 3.63) is 54.1 Å². The summed E-state index contributed by atoms with van der Waals surface area (Å²) in [7, 11) is -3.69. The molecule has 3 N–H and O–H groups in total. The Balaban J connectivity index is 2.06. The molecule has 6 nitrogen and oxygen atoms in total. The van der Waals surface area contributed by atoms with E-state index in [9.17, 15) is 13.2 Å². The third kappa shape index (κ3) is 5.79. The number of amides is 1. The number of hydrogen-bond acceptors (Lipinski definition) is 4. The Labute approximate surface area is 148 Å². The average Bonchev–Trinajstić information content (AvgIpc) is 2.54. The van der Waals surface area contributed by atoms with E-state index >= 15 is 0 Å². The van der Waals surface area contributed by atoms with Crippen LogP contribution < -0.4 is 15.2 Å². The zero-order valence-electron chi connectivity index (χ0n) is 14.2. The Morgan fingerprint density at radius 1 is 1.08 bits per heavy atom. The monoisotopic (exact) mass is 362 g/mol. The first-order chi connectivity index (χ1) is 11.8. The number of rotatable bonds is 8. The van der Waals surface area contributed by atoms with E-state index in [1.165, 1.54) is 12.1 Å². The van der Waals surface area contributed by atoms with E-state index in [2.05, 4.69) is 4.72 Å². The summed E-state index contributed by atoms with van der Waals surface area (Å²) < 4.78 is 32.9. The molecule has 0 heterocycles. The fraction of sp³-hybridized carbons (Fsp3) is 0.278. The molecule has 0 aromatic heterocycles. The number of ether oxygens (including phenoxy) is 1. The fourth-order valence-electron chi connectivity index (χ4n) is 2.08. The molecule has 0 aliphatic heterocycles. The number of carbonyl (C=O) groups excluding carboxylic acids is 1. The number of anilines is 1. The van der Waals surface area contributed by atoms with Crippen molar-refractivity contribution in [2.75, 3.05) is 11.3 Å². The first-order valence-corrected chi connectivity index (χ1v) is 9.37. The molecule has 0 aliphatic rings. The Morgan fingerprint density at radius 2 is 1.68 bits per heavy atom. The lowest BCUT2D eigenvalue weighted by atomic mass is 10.1. The van der Waals surface area contributed by atoms with Crippen LogP contribution in [0.15, 0.2) is 53.4 Å². The summed E-state index contributed by atoms with van der Waals surface area (Å²) in [5.41, 5.74) is 6.26. The van der Waals surface area contributed by atoms with Gasteiger partial charge >= 0.3 is 0 Å². The highest BCUT2D eigenvalue weighted by atomic mass is 32.2. The van der Waals surface area contributed by atoms with E-state index < -0.39 is 15.9 Å². The minimum absolute atomic E-state index is 0.116. The minimum Gasteiger partial charge on any atom is -0.493 e. The highest BCUT2D eigenvalue weighted by molar-refractivity contribution is 7.92. The quantitative estimate of drug-likeness (QED) is 0.754. The summed E-state index contributed by atoms with van der Waals surface area (Å²) in [6, 6.07) is 12.8. The highest BCUT2D eigenvalue weighted by Gasteiger charge is 2.14. The maximum Gasteiger partial charge on any atom is 0.261 e. The lowest BCUT2D eigenvalue weighted by molar-refractivity contribution is -0.117. The van der Waals surface area contributed by atoms with Gasteiger partial charge in [-0.1, -0.05) is 26.0 Å². The van der Waals surface area contributed by atoms with Crippen molar-refractivity contribution in [1.82, 2.24) is 0 Å². The van der Waals surface area contributed by atoms with Gasteiger partial charge in [0.1, 0.15) is 5.75 Å². The topological polar surface area (TPSA) is 98.5 Å². The molecule has 0 unspecified atom stereocenters. The summed E-state index contributed by atoms with van der Waals surface area (Å²) >= 11 is 0. The van der Waals surface area contributed by atoms with E-state index in [0.717, 1.165) is 5.56 Å². The number of carbonyl (C=O) groups is 1. The number of primary amides is 1. The summed E-state index contributed by atoms with van der Waals surface area (Å²) in [6.45, 7) is 4.65. The predicted octanol–water partition coefficient (Wildman–Crippen LogP) is 2.55. The molecule has 2 aromatic rings. The van der Waals surface area contributed by atoms with Gasteiger partial charge in [-0.25, -0.2) is 8.42 Å². The van der Waals surface area contributed by atoms with E-state index in [1.54, 1.807) is 36.4 Å². The van der Waals surface area contributed by atoms with Gasteiger partial charge < -0.3 is 10.5 Å². The molecule has 0 bridgehead atoms. The second-order valence-electron chi connectivity index (χ2n) is 6.12. The summed E-state index contributed by atoms with van der Waals surface area (Å²) in [6.07, 6.45) is 0.116. The largest absolute Gasteiger partial charge is 0.493 e. The first kappa shape index (κ1) is 18.8. The van der Waals surface area contributed by atoms with Crippen LogP contribution in [-0.4, -0.2) is 20.9 Å².